The number of thiazole rings is 1. The second kappa shape index (κ2) is 11.2. The van der Waals surface area contributed by atoms with Crippen LogP contribution in [-0.4, -0.2) is 38.7 Å². The maximum Gasteiger partial charge on any atom is 0.282 e. The first-order valence-electron chi connectivity index (χ1n) is 11.7. The highest BCUT2D eigenvalue weighted by Gasteiger charge is 2.29. The molecule has 0 saturated carbocycles. The van der Waals surface area contributed by atoms with Gasteiger partial charge in [-0.25, -0.2) is 22.5 Å². The molecule has 1 atom stereocenters. The molecular weight excluding hydrogens is 580 g/mol. The summed E-state index contributed by atoms with van der Waals surface area (Å²) in [6, 6.07) is 6.63. The van der Waals surface area contributed by atoms with Crippen LogP contribution in [-0.2, 0) is 34.0 Å². The number of ether oxygens (including phenoxy) is 2. The van der Waals surface area contributed by atoms with Crippen molar-refractivity contribution < 1.29 is 31.8 Å². The Morgan fingerprint density at radius 2 is 1.81 bits per heavy atom. The molecule has 0 spiro atoms. The fraction of sp³-hybridized carbons (Fsp3) is 0.458. The van der Waals surface area contributed by atoms with Gasteiger partial charge in [0.1, 0.15) is 23.6 Å². The van der Waals surface area contributed by atoms with E-state index in [-0.39, 0.29) is 5.92 Å². The molecule has 0 N–H and O–H groups in total. The molecule has 4 heterocycles. The predicted octanol–water partition coefficient (Wildman–Crippen LogP) is 6.13. The largest absolute Gasteiger partial charge is 0.342 e. The molecule has 7 nitrogen and oxygen atoms in total. The lowest BCUT2D eigenvalue weighted by atomic mass is 9.97. The van der Waals surface area contributed by atoms with Crippen LogP contribution in [0.25, 0.3) is 0 Å². The highest BCUT2D eigenvalue weighted by Crippen LogP contribution is 2.35. The Balaban J connectivity index is 1.17. The van der Waals surface area contributed by atoms with Crippen molar-refractivity contribution in [1.29, 1.82) is 0 Å². The highest BCUT2D eigenvalue weighted by molar-refractivity contribution is 9.10. The summed E-state index contributed by atoms with van der Waals surface area (Å²) in [6.07, 6.45) is -5.27. The van der Waals surface area contributed by atoms with Gasteiger partial charge in [0.2, 0.25) is 12.2 Å². The zero-order chi connectivity index (χ0) is 26.1. The van der Waals surface area contributed by atoms with Gasteiger partial charge >= 0.3 is 0 Å². The molecule has 2 aliphatic heterocycles. The molecule has 0 aliphatic carbocycles. The van der Waals surface area contributed by atoms with E-state index in [1.165, 1.54) is 11.3 Å². The number of hydrogen-bond acceptors (Lipinski definition) is 6. The van der Waals surface area contributed by atoms with Gasteiger partial charge in [0.05, 0.1) is 18.2 Å². The van der Waals surface area contributed by atoms with Crippen molar-refractivity contribution in [2.75, 3.05) is 13.1 Å². The molecule has 13 heteroatoms. The van der Waals surface area contributed by atoms with Crippen molar-refractivity contribution in [2.45, 2.75) is 57.7 Å². The van der Waals surface area contributed by atoms with Crippen LogP contribution in [0.1, 0.15) is 71.1 Å². The monoisotopic (exact) mass is 602 g/mol. The Labute approximate surface area is 222 Å². The fourth-order valence-electron chi connectivity index (χ4n) is 4.48. The molecule has 1 unspecified atom stereocenters. The van der Waals surface area contributed by atoms with Crippen LogP contribution in [0.2, 0.25) is 0 Å². The molecule has 0 radical (unpaired) electrons. The SMILES string of the molecule is O=C(Cn1nc(C(F)F)cc1C(F)F)N1CCC(c2nc(C3OCc4ccc(Br)cc4CO3)cs2)CC1. The topological polar surface area (TPSA) is 69.5 Å². The summed E-state index contributed by atoms with van der Waals surface area (Å²) < 4.78 is 65.8. The number of alkyl halides is 4. The van der Waals surface area contributed by atoms with Crippen LogP contribution in [0.4, 0.5) is 17.6 Å². The second-order valence-corrected chi connectivity index (χ2v) is 10.7. The first-order valence-corrected chi connectivity index (χ1v) is 13.3. The van der Waals surface area contributed by atoms with Gasteiger partial charge in [0.25, 0.3) is 12.9 Å². The van der Waals surface area contributed by atoms with E-state index in [9.17, 15) is 22.4 Å². The number of carbonyl (C=O) groups excluding carboxylic acids is 1. The third kappa shape index (κ3) is 5.89. The van der Waals surface area contributed by atoms with Crippen molar-refractivity contribution in [3.05, 3.63) is 67.3 Å². The minimum Gasteiger partial charge on any atom is -0.342 e. The van der Waals surface area contributed by atoms with E-state index in [4.69, 9.17) is 14.5 Å². The van der Waals surface area contributed by atoms with E-state index in [1.54, 1.807) is 4.90 Å². The lowest BCUT2D eigenvalue weighted by Gasteiger charge is -2.31. The summed E-state index contributed by atoms with van der Waals surface area (Å²) >= 11 is 4.99. The average Bonchev–Trinajstić information content (AvgIpc) is 3.48. The van der Waals surface area contributed by atoms with Crippen molar-refractivity contribution in [3.8, 4) is 0 Å². The minimum atomic E-state index is -3.00. The van der Waals surface area contributed by atoms with E-state index in [0.29, 0.717) is 55.6 Å². The van der Waals surface area contributed by atoms with Crippen molar-refractivity contribution in [3.63, 3.8) is 0 Å². The first kappa shape index (κ1) is 26.3. The lowest BCUT2D eigenvalue weighted by Crippen LogP contribution is -2.40. The average molecular weight is 603 g/mol. The summed E-state index contributed by atoms with van der Waals surface area (Å²) in [6.45, 7) is 1.14. The zero-order valence-corrected chi connectivity index (χ0v) is 21.9. The van der Waals surface area contributed by atoms with E-state index in [0.717, 1.165) is 20.6 Å². The maximum absolute atomic E-state index is 13.2. The van der Waals surface area contributed by atoms with Gasteiger partial charge in [-0.1, -0.05) is 22.0 Å². The molecule has 2 aliphatic rings. The standard InChI is InChI=1S/C24H23BrF4N4O3S/c25-16-2-1-14-10-35-24(36-11-15(14)7-16)18-12-37-23(30-18)13-3-5-32(6-4-13)20(34)9-33-19(22(28)29)8-17(31-33)21(26)27/h1-2,7-8,12-13,21-22,24H,3-6,9-11H2. The number of nitrogens with zero attached hydrogens (tertiary/aromatic N) is 4. The van der Waals surface area contributed by atoms with Crippen LogP contribution in [0.5, 0.6) is 0 Å². The molecular formula is C24H23BrF4N4O3S. The van der Waals surface area contributed by atoms with Gasteiger partial charge in [-0.2, -0.15) is 5.10 Å². The molecule has 0 bridgehead atoms. The smallest absolute Gasteiger partial charge is 0.282 e. The third-order valence-electron chi connectivity index (χ3n) is 6.49. The van der Waals surface area contributed by atoms with E-state index in [2.05, 4.69) is 21.0 Å². The Bertz CT molecular complexity index is 1260. The van der Waals surface area contributed by atoms with Gasteiger partial charge in [-0.05, 0) is 42.2 Å². The lowest BCUT2D eigenvalue weighted by molar-refractivity contribution is -0.155. The summed E-state index contributed by atoms with van der Waals surface area (Å²) in [5.74, 6) is -0.302. The Kier molecular flexibility index (Phi) is 7.93. The molecule has 198 valence electrons. The summed E-state index contributed by atoms with van der Waals surface area (Å²) in [4.78, 5) is 19.0. The quantitative estimate of drug-likeness (QED) is 0.318. The second-order valence-electron chi connectivity index (χ2n) is 8.89. The van der Waals surface area contributed by atoms with Crippen molar-refractivity contribution in [1.82, 2.24) is 19.7 Å². The van der Waals surface area contributed by atoms with Gasteiger partial charge in [-0.15, -0.1) is 11.3 Å². The number of amides is 1. The van der Waals surface area contributed by atoms with Gasteiger partial charge in [0, 0.05) is 28.9 Å². The molecule has 1 amide bonds. The van der Waals surface area contributed by atoms with Gasteiger partial charge in [0.15, 0.2) is 0 Å². The number of piperidine rings is 1. The van der Waals surface area contributed by atoms with Gasteiger partial charge in [-0.3, -0.25) is 9.48 Å². The summed E-state index contributed by atoms with van der Waals surface area (Å²) in [5.41, 5.74) is 1.38. The normalized spacial score (nSPS) is 18.9. The number of aromatic nitrogens is 3. The van der Waals surface area contributed by atoms with E-state index >= 15 is 0 Å². The van der Waals surface area contributed by atoms with E-state index < -0.39 is 43.0 Å². The summed E-state index contributed by atoms with van der Waals surface area (Å²) in [7, 11) is 0. The number of benzene rings is 1. The number of halogens is 5. The van der Waals surface area contributed by atoms with Crippen molar-refractivity contribution in [2.24, 2.45) is 0 Å². The molecule has 3 aromatic rings. The number of likely N-dealkylation sites (tertiary alicyclic amines) is 1. The zero-order valence-electron chi connectivity index (χ0n) is 19.5. The van der Waals surface area contributed by atoms with E-state index in [1.807, 2.05) is 23.6 Å². The minimum absolute atomic E-state index is 0.133. The van der Waals surface area contributed by atoms with Crippen LogP contribution in [0.3, 0.4) is 0 Å². The Morgan fingerprint density at radius 3 is 2.51 bits per heavy atom. The Morgan fingerprint density at radius 1 is 1.08 bits per heavy atom. The maximum atomic E-state index is 13.2. The molecule has 5 rings (SSSR count). The molecule has 37 heavy (non-hydrogen) atoms. The van der Waals surface area contributed by atoms with Gasteiger partial charge < -0.3 is 14.4 Å². The molecule has 1 fully saturated rings. The number of hydrogen-bond donors (Lipinski definition) is 0. The third-order valence-corrected chi connectivity index (χ3v) is 8.01. The number of fused-ring (bicyclic) bond motifs is 1. The van der Waals surface area contributed by atoms with Crippen LogP contribution < -0.4 is 0 Å². The Hall–Kier alpha value is -2.35. The number of carbonyl (C=O) groups is 1. The van der Waals surface area contributed by atoms with Crippen LogP contribution >= 0.6 is 27.3 Å². The predicted molar refractivity (Wildman–Crippen MR) is 129 cm³/mol. The fourth-order valence-corrected chi connectivity index (χ4v) is 5.88. The highest BCUT2D eigenvalue weighted by atomic mass is 79.9. The van der Waals surface area contributed by atoms with Crippen LogP contribution in [0.15, 0.2) is 34.1 Å². The molecule has 1 aromatic carbocycles. The molecule has 2 aromatic heterocycles. The van der Waals surface area contributed by atoms with Crippen molar-refractivity contribution >= 4 is 33.2 Å². The molecule has 1 saturated heterocycles. The van der Waals surface area contributed by atoms with Crippen LogP contribution in [0, 0.1) is 0 Å². The first-order chi connectivity index (χ1) is 17.8. The summed E-state index contributed by atoms with van der Waals surface area (Å²) in [5, 5.41) is 6.35. The number of rotatable bonds is 6.